The van der Waals surface area contributed by atoms with Gasteiger partial charge in [0.2, 0.25) is 5.91 Å². The van der Waals surface area contributed by atoms with E-state index in [0.29, 0.717) is 38.5 Å². The summed E-state index contributed by atoms with van der Waals surface area (Å²) in [5, 5.41) is 12.3. The molecule has 0 aliphatic carbocycles. The number of nitrogens with one attached hydrogen (secondary N) is 1. The van der Waals surface area contributed by atoms with E-state index >= 15 is 0 Å². The lowest BCUT2D eigenvalue weighted by atomic mass is 9.97. The maximum Gasteiger partial charge on any atom is 0.306 e. The monoisotopic (exact) mass is 283 g/mol. The zero-order chi connectivity index (χ0) is 14.5. The fraction of sp³-hybridized carbons (Fsp3) is 0.857. The molecule has 2 rings (SSSR count). The summed E-state index contributed by atoms with van der Waals surface area (Å²) in [6, 6.07) is 0.437. The van der Waals surface area contributed by atoms with Crippen LogP contribution in [-0.2, 0) is 9.59 Å². The first-order valence-corrected chi connectivity index (χ1v) is 7.49. The second kappa shape index (κ2) is 7.04. The number of carbonyl (C=O) groups excluding carboxylic acids is 1. The van der Waals surface area contributed by atoms with Gasteiger partial charge in [0.15, 0.2) is 0 Å². The van der Waals surface area contributed by atoms with E-state index in [9.17, 15) is 9.59 Å². The van der Waals surface area contributed by atoms with Crippen LogP contribution in [0.15, 0.2) is 0 Å². The molecule has 0 aromatic rings. The molecule has 20 heavy (non-hydrogen) atoms. The number of likely N-dealkylation sites (tertiary alicyclic amines) is 2. The number of hydrogen-bond donors (Lipinski definition) is 2. The van der Waals surface area contributed by atoms with Gasteiger partial charge in [0, 0.05) is 19.1 Å². The highest BCUT2D eigenvalue weighted by Gasteiger charge is 2.27. The van der Waals surface area contributed by atoms with Gasteiger partial charge in [0.05, 0.1) is 12.5 Å². The summed E-state index contributed by atoms with van der Waals surface area (Å²) in [4.78, 5) is 27.1. The average molecular weight is 283 g/mol. The molecular weight excluding hydrogens is 258 g/mol. The van der Waals surface area contributed by atoms with Crippen LogP contribution in [-0.4, -0.2) is 72.6 Å². The Morgan fingerprint density at radius 3 is 2.25 bits per heavy atom. The van der Waals surface area contributed by atoms with Gasteiger partial charge in [-0.05, 0) is 45.8 Å². The van der Waals surface area contributed by atoms with Crippen LogP contribution >= 0.6 is 0 Å². The predicted octanol–water partition coefficient (Wildman–Crippen LogP) is -0.00660. The summed E-state index contributed by atoms with van der Waals surface area (Å²) in [5.41, 5.74) is 0. The molecule has 0 aromatic carbocycles. The van der Waals surface area contributed by atoms with E-state index in [-0.39, 0.29) is 11.8 Å². The number of aliphatic carboxylic acids is 1. The van der Waals surface area contributed by atoms with E-state index in [2.05, 4.69) is 17.3 Å². The lowest BCUT2D eigenvalue weighted by Gasteiger charge is -2.32. The average Bonchev–Trinajstić information content (AvgIpc) is 2.46. The van der Waals surface area contributed by atoms with Gasteiger partial charge in [-0.1, -0.05) is 0 Å². The molecule has 114 valence electrons. The second-order valence-corrected chi connectivity index (χ2v) is 5.95. The fourth-order valence-electron chi connectivity index (χ4n) is 2.93. The molecule has 0 saturated carbocycles. The van der Waals surface area contributed by atoms with Gasteiger partial charge in [-0.25, -0.2) is 0 Å². The summed E-state index contributed by atoms with van der Waals surface area (Å²) < 4.78 is 0. The van der Waals surface area contributed by atoms with E-state index < -0.39 is 5.97 Å². The van der Waals surface area contributed by atoms with Gasteiger partial charge in [-0.15, -0.1) is 0 Å². The van der Waals surface area contributed by atoms with Gasteiger partial charge in [0.25, 0.3) is 0 Å². The minimum absolute atomic E-state index is 0.104. The number of rotatable bonds is 4. The fourth-order valence-corrected chi connectivity index (χ4v) is 2.93. The molecule has 0 atom stereocenters. The number of hydrogen-bond acceptors (Lipinski definition) is 4. The van der Waals surface area contributed by atoms with Crippen molar-refractivity contribution in [2.75, 3.05) is 39.8 Å². The highest BCUT2D eigenvalue weighted by Crippen LogP contribution is 2.17. The molecule has 0 spiro atoms. The topological polar surface area (TPSA) is 72.9 Å². The van der Waals surface area contributed by atoms with Crippen molar-refractivity contribution < 1.29 is 14.7 Å². The number of carbonyl (C=O) groups is 2. The molecule has 0 unspecified atom stereocenters. The zero-order valence-electron chi connectivity index (χ0n) is 12.2. The van der Waals surface area contributed by atoms with E-state index in [1.807, 2.05) is 0 Å². The van der Waals surface area contributed by atoms with Crippen molar-refractivity contribution in [1.29, 1.82) is 0 Å². The molecule has 2 fully saturated rings. The maximum atomic E-state index is 12.1. The van der Waals surface area contributed by atoms with Crippen molar-refractivity contribution in [3.63, 3.8) is 0 Å². The molecule has 6 heteroatoms. The highest BCUT2D eigenvalue weighted by molar-refractivity contribution is 5.79. The van der Waals surface area contributed by atoms with E-state index in [4.69, 9.17) is 5.11 Å². The largest absolute Gasteiger partial charge is 0.481 e. The third-order valence-corrected chi connectivity index (χ3v) is 4.46. The zero-order valence-corrected chi connectivity index (χ0v) is 12.2. The van der Waals surface area contributed by atoms with Crippen LogP contribution in [0.2, 0.25) is 0 Å². The van der Waals surface area contributed by atoms with Crippen molar-refractivity contribution in [2.45, 2.75) is 31.7 Å². The Bertz CT molecular complexity index is 346. The minimum Gasteiger partial charge on any atom is -0.481 e. The quantitative estimate of drug-likeness (QED) is 0.759. The summed E-state index contributed by atoms with van der Waals surface area (Å²) in [6.07, 6.45) is 3.33. The predicted molar refractivity (Wildman–Crippen MR) is 75.5 cm³/mol. The molecular formula is C14H25N3O3. The van der Waals surface area contributed by atoms with Gasteiger partial charge in [-0.2, -0.15) is 0 Å². The molecule has 2 saturated heterocycles. The van der Waals surface area contributed by atoms with Crippen molar-refractivity contribution in [3.05, 3.63) is 0 Å². The standard InChI is InChI=1S/C14H25N3O3/c1-16-6-4-12(5-7-16)15-10-13(18)17-8-2-11(3-9-17)14(19)20/h11-12,15H,2-10H2,1H3,(H,19,20). The Morgan fingerprint density at radius 2 is 1.70 bits per heavy atom. The third kappa shape index (κ3) is 4.18. The molecule has 0 bridgehead atoms. The molecule has 2 aliphatic heterocycles. The van der Waals surface area contributed by atoms with Crippen molar-refractivity contribution >= 4 is 11.9 Å². The van der Waals surface area contributed by atoms with E-state index in [1.54, 1.807) is 4.90 Å². The molecule has 2 aliphatic rings. The number of carboxylic acids is 1. The Labute approximate surface area is 120 Å². The third-order valence-electron chi connectivity index (χ3n) is 4.46. The van der Waals surface area contributed by atoms with Crippen LogP contribution in [0, 0.1) is 5.92 Å². The van der Waals surface area contributed by atoms with Crippen LogP contribution < -0.4 is 5.32 Å². The normalized spacial score (nSPS) is 22.9. The smallest absolute Gasteiger partial charge is 0.306 e. The van der Waals surface area contributed by atoms with Crippen molar-refractivity contribution in [3.8, 4) is 0 Å². The SMILES string of the molecule is CN1CCC(NCC(=O)N2CCC(C(=O)O)CC2)CC1. The summed E-state index contributed by atoms with van der Waals surface area (Å²) in [7, 11) is 2.12. The van der Waals surface area contributed by atoms with E-state index in [0.717, 1.165) is 25.9 Å². The molecule has 1 amide bonds. The number of piperidine rings is 2. The van der Waals surface area contributed by atoms with Crippen LogP contribution in [0.3, 0.4) is 0 Å². The van der Waals surface area contributed by atoms with Gasteiger partial charge >= 0.3 is 5.97 Å². The lowest BCUT2D eigenvalue weighted by molar-refractivity contribution is -0.145. The number of nitrogens with zero attached hydrogens (tertiary/aromatic N) is 2. The maximum absolute atomic E-state index is 12.1. The van der Waals surface area contributed by atoms with Crippen LogP contribution in [0.5, 0.6) is 0 Å². The van der Waals surface area contributed by atoms with Gasteiger partial charge in [-0.3, -0.25) is 9.59 Å². The second-order valence-electron chi connectivity index (χ2n) is 5.95. The Kier molecular flexibility index (Phi) is 5.37. The summed E-state index contributed by atoms with van der Waals surface area (Å²) in [6.45, 7) is 3.69. The van der Waals surface area contributed by atoms with Gasteiger partial charge < -0.3 is 20.2 Å². The van der Waals surface area contributed by atoms with Crippen LogP contribution in [0.4, 0.5) is 0 Å². The minimum atomic E-state index is -0.735. The highest BCUT2D eigenvalue weighted by atomic mass is 16.4. The summed E-state index contributed by atoms with van der Waals surface area (Å²) >= 11 is 0. The molecule has 0 aromatic heterocycles. The van der Waals surface area contributed by atoms with Crippen LogP contribution in [0.25, 0.3) is 0 Å². The first kappa shape index (κ1) is 15.3. The summed E-state index contributed by atoms with van der Waals surface area (Å²) in [5.74, 6) is -0.907. The lowest BCUT2D eigenvalue weighted by Crippen LogP contribution is -2.48. The van der Waals surface area contributed by atoms with Crippen LogP contribution in [0.1, 0.15) is 25.7 Å². The Hall–Kier alpha value is -1.14. The first-order valence-electron chi connectivity index (χ1n) is 7.49. The van der Waals surface area contributed by atoms with Crippen molar-refractivity contribution in [2.24, 2.45) is 5.92 Å². The molecule has 2 heterocycles. The Balaban J connectivity index is 1.67. The number of amides is 1. The van der Waals surface area contributed by atoms with Gasteiger partial charge in [0.1, 0.15) is 0 Å². The first-order chi connectivity index (χ1) is 9.56. The molecule has 2 N–H and O–H groups in total. The molecule has 0 radical (unpaired) electrons. The number of carboxylic acid groups (broad SMARTS) is 1. The molecule has 6 nitrogen and oxygen atoms in total. The van der Waals surface area contributed by atoms with Crippen molar-refractivity contribution in [1.82, 2.24) is 15.1 Å². The Morgan fingerprint density at radius 1 is 1.10 bits per heavy atom. The van der Waals surface area contributed by atoms with E-state index in [1.165, 1.54) is 0 Å².